The van der Waals surface area contributed by atoms with Crippen LogP contribution in [0.3, 0.4) is 0 Å². The highest BCUT2D eigenvalue weighted by Crippen LogP contribution is 2.39. The highest BCUT2D eigenvalue weighted by Gasteiger charge is 2.34. The molecule has 3 atom stereocenters. The number of benzene rings is 3. The number of rotatable bonds is 18. The molecule has 1 amide bonds. The molecule has 0 spiro atoms. The third-order valence-electron chi connectivity index (χ3n) is 9.79. The number of amides is 1. The van der Waals surface area contributed by atoms with Gasteiger partial charge in [0.15, 0.2) is 6.29 Å². The molecule has 1 aliphatic heterocycles. The largest absolute Gasteiger partial charge is 0.481 e. The molecule has 2 fully saturated rings. The molecule has 1 aliphatic carbocycles. The summed E-state index contributed by atoms with van der Waals surface area (Å²) >= 11 is 0. The van der Waals surface area contributed by atoms with E-state index in [0.717, 1.165) is 72.2 Å². The van der Waals surface area contributed by atoms with Gasteiger partial charge in [0.25, 0.3) is 0 Å². The maximum Gasteiger partial charge on any atom is 0.303 e. The summed E-state index contributed by atoms with van der Waals surface area (Å²) in [6, 6.07) is 25.0. The van der Waals surface area contributed by atoms with E-state index in [1.807, 2.05) is 36.4 Å². The summed E-state index contributed by atoms with van der Waals surface area (Å²) in [6.45, 7) is 6.14. The number of carboxylic acids is 1. The van der Waals surface area contributed by atoms with Gasteiger partial charge in [0.1, 0.15) is 0 Å². The molecule has 3 aromatic carbocycles. The van der Waals surface area contributed by atoms with Crippen LogP contribution in [0.4, 0.5) is 0 Å². The van der Waals surface area contributed by atoms with Gasteiger partial charge >= 0.3 is 5.97 Å². The smallest absolute Gasteiger partial charge is 0.303 e. The number of ether oxygens (including phenoxy) is 2. The second-order valence-corrected chi connectivity index (χ2v) is 13.4. The molecule has 5 rings (SSSR count). The maximum atomic E-state index is 12.5. The minimum atomic E-state index is -0.772. The summed E-state index contributed by atoms with van der Waals surface area (Å²) in [5, 5.41) is 21.4. The van der Waals surface area contributed by atoms with Crippen molar-refractivity contribution in [2.24, 2.45) is 0 Å². The molecule has 0 radical (unpaired) electrons. The van der Waals surface area contributed by atoms with Crippen LogP contribution in [-0.2, 0) is 32.2 Å². The monoisotopic (exact) mass is 668 g/mol. The molecule has 49 heavy (non-hydrogen) atoms. The van der Waals surface area contributed by atoms with Gasteiger partial charge in [-0.25, -0.2) is 0 Å². The van der Waals surface area contributed by atoms with E-state index in [0.29, 0.717) is 25.4 Å². The third kappa shape index (κ3) is 10.8. The van der Waals surface area contributed by atoms with E-state index in [4.69, 9.17) is 14.6 Å². The van der Waals surface area contributed by atoms with E-state index in [1.165, 1.54) is 25.7 Å². The average molecular weight is 669 g/mol. The van der Waals surface area contributed by atoms with Crippen LogP contribution in [0.2, 0.25) is 0 Å². The van der Waals surface area contributed by atoms with Crippen molar-refractivity contribution in [1.29, 1.82) is 0 Å². The van der Waals surface area contributed by atoms with Crippen molar-refractivity contribution >= 4 is 11.9 Å². The Morgan fingerprint density at radius 1 is 0.878 bits per heavy atom. The zero-order chi connectivity index (χ0) is 34.4. The van der Waals surface area contributed by atoms with Gasteiger partial charge in [-0.15, -0.1) is 6.58 Å². The summed E-state index contributed by atoms with van der Waals surface area (Å²) in [5.41, 5.74) is 6.06. The normalized spacial score (nSPS) is 19.6. The zero-order valence-electron chi connectivity index (χ0n) is 28.6. The van der Waals surface area contributed by atoms with Crippen molar-refractivity contribution in [2.75, 3.05) is 13.1 Å². The molecule has 0 aromatic heterocycles. The number of carbonyl (C=O) groups is 2. The van der Waals surface area contributed by atoms with E-state index in [2.05, 4.69) is 59.3 Å². The van der Waals surface area contributed by atoms with Crippen molar-refractivity contribution in [2.45, 2.75) is 108 Å². The van der Waals surface area contributed by atoms with Crippen LogP contribution in [0.25, 0.3) is 11.1 Å². The Balaban J connectivity index is 1.25. The molecule has 3 aromatic rings. The minimum absolute atomic E-state index is 0.00433. The first-order valence-corrected chi connectivity index (χ1v) is 18.0. The Labute approximate surface area is 291 Å². The van der Waals surface area contributed by atoms with Crippen LogP contribution in [0.5, 0.6) is 0 Å². The number of carbonyl (C=O) groups excluding carboxylic acids is 1. The van der Waals surface area contributed by atoms with Crippen molar-refractivity contribution < 1.29 is 29.3 Å². The highest BCUT2D eigenvalue weighted by atomic mass is 16.7. The number of unbranched alkanes of at least 4 members (excludes halogenated alkanes) is 3. The molecule has 0 unspecified atom stereocenters. The Morgan fingerprint density at radius 3 is 2.27 bits per heavy atom. The van der Waals surface area contributed by atoms with E-state index < -0.39 is 12.3 Å². The van der Waals surface area contributed by atoms with Gasteiger partial charge in [0, 0.05) is 50.5 Å². The van der Waals surface area contributed by atoms with Crippen LogP contribution in [-0.4, -0.2) is 52.2 Å². The summed E-state index contributed by atoms with van der Waals surface area (Å²) in [4.78, 5) is 25.7. The molecule has 1 saturated heterocycles. The Hall–Kier alpha value is -3.82. The quantitative estimate of drug-likeness (QED) is 0.0936. The molecule has 1 heterocycles. The second kappa shape index (κ2) is 18.8. The van der Waals surface area contributed by atoms with Gasteiger partial charge in [0.05, 0.1) is 18.8 Å². The van der Waals surface area contributed by atoms with E-state index in [9.17, 15) is 14.7 Å². The molecule has 0 bridgehead atoms. The zero-order valence-corrected chi connectivity index (χ0v) is 28.6. The number of aliphatic hydroxyl groups is 1. The predicted octanol–water partition coefficient (Wildman–Crippen LogP) is 7.86. The number of hydrogen-bond donors (Lipinski definition) is 3. The number of aliphatic hydroxyl groups excluding tert-OH is 1. The lowest BCUT2D eigenvalue weighted by molar-refractivity contribution is -0.253. The Morgan fingerprint density at radius 2 is 1.57 bits per heavy atom. The molecular weight excluding hydrogens is 616 g/mol. The number of nitrogens with zero attached hydrogens (tertiary/aromatic N) is 1. The van der Waals surface area contributed by atoms with Gasteiger partial charge in [0.2, 0.25) is 5.91 Å². The molecule has 8 heteroatoms. The van der Waals surface area contributed by atoms with Crippen molar-refractivity contribution in [1.82, 2.24) is 10.2 Å². The molecule has 262 valence electrons. The predicted molar refractivity (Wildman–Crippen MR) is 192 cm³/mol. The standard InChI is InChI=1S/C41H52N2O6/c1-2-25-43(35-12-8-9-13-35)28-36-26-38(32-19-17-30(29-44)18-20-32)49-41(48-36)33-23-21-31(22-24-33)37-14-10-7-11-34(37)27-42-39(45)15-5-3-4-6-16-40(46)47/h2,7,10-11,14,17-24,35-36,38,41,44H,1,3-6,8-9,12-13,15-16,25-29H2,(H,42,45)(H,46,47)/t36-,38+,41+/m0/s1. The molecular formula is C41H52N2O6. The van der Waals surface area contributed by atoms with Gasteiger partial charge in [-0.1, -0.05) is 105 Å². The fourth-order valence-corrected chi connectivity index (χ4v) is 7.08. The number of nitrogens with one attached hydrogen (secondary N) is 1. The SMILES string of the molecule is C=CCN(C[C@@H]1C[C@H](c2ccc(CO)cc2)O[C@H](c2ccc(-c3ccccc3CNC(=O)CCCCCCC(=O)O)cc2)O1)C1CCCC1. The lowest BCUT2D eigenvalue weighted by atomic mass is 9.97. The number of aliphatic carboxylic acids is 1. The van der Waals surface area contributed by atoms with Crippen LogP contribution in [0.15, 0.2) is 85.5 Å². The maximum absolute atomic E-state index is 12.5. The van der Waals surface area contributed by atoms with Crippen LogP contribution in [0, 0.1) is 0 Å². The van der Waals surface area contributed by atoms with Gasteiger partial charge in [-0.05, 0) is 53.5 Å². The first-order valence-electron chi connectivity index (χ1n) is 18.0. The van der Waals surface area contributed by atoms with Crippen LogP contribution < -0.4 is 5.32 Å². The minimum Gasteiger partial charge on any atom is -0.481 e. The van der Waals surface area contributed by atoms with E-state index in [1.54, 1.807) is 0 Å². The molecule has 1 saturated carbocycles. The fourth-order valence-electron chi connectivity index (χ4n) is 7.08. The van der Waals surface area contributed by atoms with Crippen molar-refractivity contribution in [3.63, 3.8) is 0 Å². The van der Waals surface area contributed by atoms with Crippen molar-refractivity contribution in [3.8, 4) is 11.1 Å². The average Bonchev–Trinajstić information content (AvgIpc) is 3.67. The summed E-state index contributed by atoms with van der Waals surface area (Å²) in [7, 11) is 0. The van der Waals surface area contributed by atoms with E-state index >= 15 is 0 Å². The summed E-state index contributed by atoms with van der Waals surface area (Å²) in [6.07, 6.45) is 10.7. The highest BCUT2D eigenvalue weighted by molar-refractivity contribution is 5.76. The van der Waals surface area contributed by atoms with E-state index in [-0.39, 0.29) is 31.1 Å². The first-order chi connectivity index (χ1) is 23.9. The lowest BCUT2D eigenvalue weighted by Crippen LogP contribution is -2.43. The van der Waals surface area contributed by atoms with Gasteiger partial charge < -0.3 is 25.0 Å². The third-order valence-corrected chi connectivity index (χ3v) is 9.79. The van der Waals surface area contributed by atoms with Gasteiger partial charge in [-0.2, -0.15) is 0 Å². The van der Waals surface area contributed by atoms with Crippen LogP contribution >= 0.6 is 0 Å². The molecule has 8 nitrogen and oxygen atoms in total. The Bertz CT molecular complexity index is 1480. The fraction of sp³-hybridized carbons (Fsp3) is 0.463. The van der Waals surface area contributed by atoms with Crippen molar-refractivity contribution in [3.05, 3.63) is 108 Å². The topological polar surface area (TPSA) is 108 Å². The first kappa shape index (κ1) is 36.5. The number of carboxylic acid groups (broad SMARTS) is 1. The lowest BCUT2D eigenvalue weighted by Gasteiger charge is -2.39. The summed E-state index contributed by atoms with van der Waals surface area (Å²) < 4.78 is 13.3. The second-order valence-electron chi connectivity index (χ2n) is 13.4. The molecule has 2 aliphatic rings. The number of hydrogen-bond acceptors (Lipinski definition) is 6. The molecule has 3 N–H and O–H groups in total. The van der Waals surface area contributed by atoms with Gasteiger partial charge in [-0.3, -0.25) is 14.5 Å². The van der Waals surface area contributed by atoms with Crippen LogP contribution in [0.1, 0.15) is 105 Å². The Kier molecular flexibility index (Phi) is 14.0. The summed E-state index contributed by atoms with van der Waals surface area (Å²) in [5.74, 6) is -0.768.